The van der Waals surface area contributed by atoms with E-state index in [-0.39, 0.29) is 0 Å². The van der Waals surface area contributed by atoms with Crippen LogP contribution >= 0.6 is 0 Å². The minimum absolute atomic E-state index is 0.431. The van der Waals surface area contributed by atoms with Gasteiger partial charge in [0.15, 0.2) is 0 Å². The Morgan fingerprint density at radius 3 is 2.71 bits per heavy atom. The Morgan fingerprint density at radius 2 is 2.14 bits per heavy atom. The van der Waals surface area contributed by atoms with Crippen molar-refractivity contribution in [3.8, 4) is 0 Å². The molecule has 0 radical (unpaired) electrons. The lowest BCUT2D eigenvalue weighted by Crippen LogP contribution is -2.06. The molecule has 1 heteroatoms. The predicted octanol–water partition coefficient (Wildman–Crippen LogP) is 2.56. The van der Waals surface area contributed by atoms with Crippen LogP contribution in [0.3, 0.4) is 0 Å². The first-order valence-corrected chi connectivity index (χ1v) is 5.14. The van der Waals surface area contributed by atoms with Crippen LogP contribution < -0.4 is 0 Å². The van der Waals surface area contributed by atoms with E-state index in [9.17, 15) is 5.11 Å². The van der Waals surface area contributed by atoms with Gasteiger partial charge in [-0.05, 0) is 30.7 Å². The van der Waals surface area contributed by atoms with E-state index in [1.807, 2.05) is 6.07 Å². The summed E-state index contributed by atoms with van der Waals surface area (Å²) in [5.74, 6) is 0.431. The molecule has 2 rings (SSSR count). The molecule has 1 N–H and O–H groups in total. The topological polar surface area (TPSA) is 20.2 Å². The van der Waals surface area contributed by atoms with Crippen LogP contribution in [0.1, 0.15) is 18.4 Å². The summed E-state index contributed by atoms with van der Waals surface area (Å²) in [6, 6.07) is 10.4. The van der Waals surface area contributed by atoms with Crippen LogP contribution in [0, 0.1) is 5.92 Å². The molecule has 1 aliphatic rings. The molecule has 1 aromatic rings. The molecular formula is C13H16O. The molecule has 1 aromatic carbocycles. The van der Waals surface area contributed by atoms with Crippen LogP contribution in [0.4, 0.5) is 0 Å². The molecule has 0 aromatic heterocycles. The smallest absolute Gasteiger partial charge is 0.0858 e. The first kappa shape index (κ1) is 9.47. The Bertz CT molecular complexity index is 317. The van der Waals surface area contributed by atoms with Gasteiger partial charge in [-0.3, -0.25) is 0 Å². The van der Waals surface area contributed by atoms with Gasteiger partial charge in [0.2, 0.25) is 0 Å². The molecule has 0 heterocycles. The van der Waals surface area contributed by atoms with Crippen LogP contribution in [0.25, 0.3) is 0 Å². The summed E-state index contributed by atoms with van der Waals surface area (Å²) in [4.78, 5) is 0. The summed E-state index contributed by atoms with van der Waals surface area (Å²) < 4.78 is 0. The minimum atomic E-state index is -0.547. The van der Waals surface area contributed by atoms with E-state index in [1.165, 1.54) is 5.56 Å². The summed E-state index contributed by atoms with van der Waals surface area (Å²) in [7, 11) is 0. The van der Waals surface area contributed by atoms with Crippen LogP contribution in [0.5, 0.6) is 0 Å². The maximum atomic E-state index is 9.76. The van der Waals surface area contributed by atoms with Crippen molar-refractivity contribution in [1.29, 1.82) is 0 Å². The second-order valence-electron chi connectivity index (χ2n) is 4.12. The number of rotatable bonds is 4. The van der Waals surface area contributed by atoms with Gasteiger partial charge >= 0.3 is 0 Å². The minimum Gasteiger partial charge on any atom is -0.386 e. The zero-order chi connectivity index (χ0) is 10.0. The maximum absolute atomic E-state index is 9.76. The lowest BCUT2D eigenvalue weighted by atomic mass is 10.1. The van der Waals surface area contributed by atoms with Crippen molar-refractivity contribution in [2.75, 3.05) is 0 Å². The van der Waals surface area contributed by atoms with Crippen LogP contribution in [0.2, 0.25) is 0 Å². The number of aliphatic hydroxyl groups is 1. The summed E-state index contributed by atoms with van der Waals surface area (Å²) in [5.41, 5.74) is 0.806. The van der Waals surface area contributed by atoms with Gasteiger partial charge in [-0.1, -0.05) is 36.4 Å². The van der Waals surface area contributed by atoms with Crippen LogP contribution in [-0.2, 0) is 6.42 Å². The Morgan fingerprint density at radius 1 is 1.43 bits per heavy atom. The number of hydrogen-bond donors (Lipinski definition) is 1. The monoisotopic (exact) mass is 188 g/mol. The first-order chi connectivity index (χ1) is 6.74. The number of hydrogen-bond acceptors (Lipinski definition) is 1. The third-order valence-electron chi connectivity index (χ3n) is 3.10. The normalized spacial score (nSPS) is 29.9. The molecule has 0 aliphatic heterocycles. The van der Waals surface area contributed by atoms with E-state index in [2.05, 4.69) is 30.8 Å². The van der Waals surface area contributed by atoms with Crippen molar-refractivity contribution >= 4 is 0 Å². The highest BCUT2D eigenvalue weighted by molar-refractivity contribution is 5.18. The third kappa shape index (κ3) is 1.88. The van der Waals surface area contributed by atoms with E-state index in [0.29, 0.717) is 5.92 Å². The fourth-order valence-corrected chi connectivity index (χ4v) is 1.92. The van der Waals surface area contributed by atoms with Gasteiger partial charge in [-0.15, -0.1) is 6.58 Å². The van der Waals surface area contributed by atoms with E-state index in [1.54, 1.807) is 6.08 Å². The standard InChI is InChI=1S/C13H16O/c1-2-13(14)10-12(13)9-8-11-6-4-3-5-7-11/h2-7,12,14H,1,8-10H2/t12-,13+/m0/s1. The Labute approximate surface area is 85.1 Å². The molecule has 1 aliphatic carbocycles. The molecule has 0 amide bonds. The summed E-state index contributed by atoms with van der Waals surface area (Å²) in [5, 5.41) is 9.76. The summed E-state index contributed by atoms with van der Waals surface area (Å²) in [6.07, 6.45) is 4.69. The molecule has 74 valence electrons. The van der Waals surface area contributed by atoms with Crippen molar-refractivity contribution in [1.82, 2.24) is 0 Å². The van der Waals surface area contributed by atoms with Gasteiger partial charge in [-0.25, -0.2) is 0 Å². The van der Waals surface area contributed by atoms with Crippen molar-refractivity contribution in [2.45, 2.75) is 24.9 Å². The lowest BCUT2D eigenvalue weighted by molar-refractivity contribution is 0.180. The van der Waals surface area contributed by atoms with Crippen LogP contribution in [-0.4, -0.2) is 10.7 Å². The molecule has 2 atom stereocenters. The second-order valence-corrected chi connectivity index (χ2v) is 4.12. The molecule has 1 nitrogen and oxygen atoms in total. The fraction of sp³-hybridized carbons (Fsp3) is 0.385. The van der Waals surface area contributed by atoms with E-state index in [0.717, 1.165) is 19.3 Å². The van der Waals surface area contributed by atoms with Crippen molar-refractivity contribution < 1.29 is 5.11 Å². The van der Waals surface area contributed by atoms with Crippen molar-refractivity contribution in [3.05, 3.63) is 48.6 Å². The summed E-state index contributed by atoms with van der Waals surface area (Å²) >= 11 is 0. The van der Waals surface area contributed by atoms with Gasteiger partial charge in [0.25, 0.3) is 0 Å². The molecule has 0 saturated heterocycles. The molecule has 1 fully saturated rings. The summed E-state index contributed by atoms with van der Waals surface area (Å²) in [6.45, 7) is 3.65. The average molecular weight is 188 g/mol. The molecule has 0 spiro atoms. The van der Waals surface area contributed by atoms with Gasteiger partial charge in [0.05, 0.1) is 5.60 Å². The highest BCUT2D eigenvalue weighted by Gasteiger charge is 2.49. The largest absolute Gasteiger partial charge is 0.386 e. The predicted molar refractivity (Wildman–Crippen MR) is 58.0 cm³/mol. The van der Waals surface area contributed by atoms with Gasteiger partial charge in [-0.2, -0.15) is 0 Å². The average Bonchev–Trinajstić information content (AvgIpc) is 2.90. The third-order valence-corrected chi connectivity index (χ3v) is 3.10. The number of benzene rings is 1. The Balaban J connectivity index is 1.83. The molecule has 0 unspecified atom stereocenters. The van der Waals surface area contributed by atoms with E-state index < -0.39 is 5.60 Å². The lowest BCUT2D eigenvalue weighted by Gasteiger charge is -2.03. The molecule has 1 saturated carbocycles. The fourth-order valence-electron chi connectivity index (χ4n) is 1.92. The zero-order valence-electron chi connectivity index (χ0n) is 8.32. The Kier molecular flexibility index (Phi) is 2.42. The maximum Gasteiger partial charge on any atom is 0.0858 e. The molecular weight excluding hydrogens is 172 g/mol. The van der Waals surface area contributed by atoms with E-state index >= 15 is 0 Å². The van der Waals surface area contributed by atoms with E-state index in [4.69, 9.17) is 0 Å². The van der Waals surface area contributed by atoms with Crippen molar-refractivity contribution in [2.24, 2.45) is 5.92 Å². The Hall–Kier alpha value is -1.08. The highest BCUT2D eigenvalue weighted by atomic mass is 16.3. The van der Waals surface area contributed by atoms with Gasteiger partial charge in [0, 0.05) is 0 Å². The SMILES string of the molecule is C=C[C@@]1(O)C[C@@H]1CCc1ccccc1. The van der Waals surface area contributed by atoms with Gasteiger partial charge < -0.3 is 5.11 Å². The van der Waals surface area contributed by atoms with Gasteiger partial charge in [0.1, 0.15) is 0 Å². The quantitative estimate of drug-likeness (QED) is 0.720. The first-order valence-electron chi connectivity index (χ1n) is 5.14. The van der Waals surface area contributed by atoms with Crippen LogP contribution in [0.15, 0.2) is 43.0 Å². The zero-order valence-corrected chi connectivity index (χ0v) is 8.32. The highest BCUT2D eigenvalue weighted by Crippen LogP contribution is 2.47. The number of aryl methyl sites for hydroxylation is 1. The molecule has 0 bridgehead atoms. The second kappa shape index (κ2) is 3.58. The van der Waals surface area contributed by atoms with Crippen molar-refractivity contribution in [3.63, 3.8) is 0 Å². The molecule has 14 heavy (non-hydrogen) atoms.